The van der Waals surface area contributed by atoms with Crippen LogP contribution >= 0.6 is 11.8 Å². The summed E-state index contributed by atoms with van der Waals surface area (Å²) in [6.07, 6.45) is 2.83. The van der Waals surface area contributed by atoms with Gasteiger partial charge in [-0.15, -0.1) is 0 Å². The summed E-state index contributed by atoms with van der Waals surface area (Å²) in [6.45, 7) is 2.66. The van der Waals surface area contributed by atoms with Crippen LogP contribution in [0.25, 0.3) is 0 Å². The second-order valence-electron chi connectivity index (χ2n) is 2.72. The van der Waals surface area contributed by atoms with Crippen molar-refractivity contribution in [1.29, 1.82) is 0 Å². The lowest BCUT2D eigenvalue weighted by Crippen LogP contribution is -2.21. The van der Waals surface area contributed by atoms with E-state index in [4.69, 9.17) is 9.47 Å². The average Bonchev–Trinajstić information content (AvgIpc) is 2.47. The van der Waals surface area contributed by atoms with Crippen molar-refractivity contribution in [1.82, 2.24) is 0 Å². The molecular weight excluding hydrogens is 160 g/mol. The van der Waals surface area contributed by atoms with E-state index in [0.29, 0.717) is 18.1 Å². The lowest BCUT2D eigenvalue weighted by Gasteiger charge is -2.16. The highest BCUT2D eigenvalue weighted by molar-refractivity contribution is 8.00. The first-order valence-electron chi connectivity index (χ1n) is 4.10. The van der Waals surface area contributed by atoms with E-state index in [-0.39, 0.29) is 0 Å². The standard InChI is InChI=1S/C8H16O2S/c1-3-8-7(4-5-11-8)10-6-9-2/h7-8H,3-6H2,1-2H3/t7-,8-/m0/s1. The fourth-order valence-corrected chi connectivity index (χ4v) is 2.69. The van der Waals surface area contributed by atoms with Gasteiger partial charge in [-0.25, -0.2) is 0 Å². The van der Waals surface area contributed by atoms with Gasteiger partial charge < -0.3 is 9.47 Å². The summed E-state index contributed by atoms with van der Waals surface area (Å²) in [5.41, 5.74) is 0. The molecule has 0 aromatic heterocycles. The Hall–Kier alpha value is 0.270. The van der Waals surface area contributed by atoms with Crippen LogP contribution in [0.2, 0.25) is 0 Å². The normalized spacial score (nSPS) is 31.1. The third-order valence-corrected chi connectivity index (χ3v) is 3.49. The fraction of sp³-hybridized carbons (Fsp3) is 1.00. The van der Waals surface area contributed by atoms with Crippen LogP contribution in [0.15, 0.2) is 0 Å². The molecule has 0 aromatic carbocycles. The Balaban J connectivity index is 2.20. The first-order chi connectivity index (χ1) is 5.38. The van der Waals surface area contributed by atoms with Crippen molar-refractivity contribution in [2.75, 3.05) is 19.7 Å². The zero-order valence-electron chi connectivity index (χ0n) is 7.21. The summed E-state index contributed by atoms with van der Waals surface area (Å²) in [5.74, 6) is 1.24. The minimum Gasteiger partial charge on any atom is -0.359 e. The van der Waals surface area contributed by atoms with Crippen molar-refractivity contribution in [2.45, 2.75) is 31.1 Å². The number of methoxy groups -OCH3 is 1. The van der Waals surface area contributed by atoms with Gasteiger partial charge in [0.15, 0.2) is 0 Å². The maximum atomic E-state index is 5.51. The second kappa shape index (κ2) is 5.01. The van der Waals surface area contributed by atoms with Crippen molar-refractivity contribution in [3.8, 4) is 0 Å². The van der Waals surface area contributed by atoms with Gasteiger partial charge in [-0.05, 0) is 18.6 Å². The molecule has 1 heterocycles. The predicted octanol–water partition coefficient (Wildman–Crippen LogP) is 1.89. The van der Waals surface area contributed by atoms with Gasteiger partial charge in [0, 0.05) is 12.4 Å². The van der Waals surface area contributed by atoms with Crippen molar-refractivity contribution in [2.24, 2.45) is 0 Å². The minimum absolute atomic E-state index is 0.435. The van der Waals surface area contributed by atoms with Crippen molar-refractivity contribution < 1.29 is 9.47 Å². The Bertz CT molecular complexity index is 108. The third-order valence-electron chi connectivity index (χ3n) is 1.95. The topological polar surface area (TPSA) is 18.5 Å². The third kappa shape index (κ3) is 2.65. The molecule has 0 bridgehead atoms. The number of thioether (sulfide) groups is 1. The molecule has 0 spiro atoms. The van der Waals surface area contributed by atoms with E-state index >= 15 is 0 Å². The summed E-state index contributed by atoms with van der Waals surface area (Å²) in [7, 11) is 1.67. The Morgan fingerprint density at radius 1 is 1.55 bits per heavy atom. The van der Waals surface area contributed by atoms with Gasteiger partial charge >= 0.3 is 0 Å². The van der Waals surface area contributed by atoms with E-state index in [0.717, 1.165) is 0 Å². The molecule has 1 aliphatic rings. The summed E-state index contributed by atoms with van der Waals surface area (Å²) < 4.78 is 10.4. The molecule has 0 N–H and O–H groups in total. The SMILES string of the molecule is CC[C@@H]1SCC[C@@H]1OCOC. The van der Waals surface area contributed by atoms with Crippen LogP contribution in [-0.2, 0) is 9.47 Å². The summed E-state index contributed by atoms with van der Waals surface area (Å²) >= 11 is 2.02. The quantitative estimate of drug-likeness (QED) is 0.609. The van der Waals surface area contributed by atoms with Gasteiger partial charge in [-0.3, -0.25) is 0 Å². The van der Waals surface area contributed by atoms with Crippen LogP contribution in [0.5, 0.6) is 0 Å². The zero-order valence-corrected chi connectivity index (χ0v) is 8.02. The predicted molar refractivity (Wildman–Crippen MR) is 47.9 cm³/mol. The molecule has 1 saturated heterocycles. The molecule has 0 saturated carbocycles. The van der Waals surface area contributed by atoms with E-state index in [1.54, 1.807) is 7.11 Å². The Kier molecular flexibility index (Phi) is 4.26. The lowest BCUT2D eigenvalue weighted by atomic mass is 10.2. The molecule has 0 amide bonds. The van der Waals surface area contributed by atoms with E-state index in [1.165, 1.54) is 18.6 Å². The van der Waals surface area contributed by atoms with Crippen molar-refractivity contribution in [3.63, 3.8) is 0 Å². The van der Waals surface area contributed by atoms with Crippen LogP contribution in [0, 0.1) is 0 Å². The first kappa shape index (κ1) is 9.36. The minimum atomic E-state index is 0.435. The Labute approximate surface area is 72.6 Å². The van der Waals surface area contributed by atoms with Gasteiger partial charge in [0.25, 0.3) is 0 Å². The Morgan fingerprint density at radius 3 is 3.00 bits per heavy atom. The molecule has 0 aromatic rings. The molecule has 0 aliphatic carbocycles. The smallest absolute Gasteiger partial charge is 0.146 e. The second-order valence-corrected chi connectivity index (χ2v) is 4.06. The number of rotatable bonds is 4. The molecule has 0 unspecified atom stereocenters. The molecule has 2 nitrogen and oxygen atoms in total. The van der Waals surface area contributed by atoms with E-state index in [2.05, 4.69) is 6.92 Å². The lowest BCUT2D eigenvalue weighted by molar-refractivity contribution is -0.0703. The van der Waals surface area contributed by atoms with Gasteiger partial charge in [0.2, 0.25) is 0 Å². The zero-order chi connectivity index (χ0) is 8.10. The van der Waals surface area contributed by atoms with Gasteiger partial charge in [0.05, 0.1) is 6.10 Å². The van der Waals surface area contributed by atoms with Gasteiger partial charge in [0.1, 0.15) is 6.79 Å². The van der Waals surface area contributed by atoms with Crippen LogP contribution < -0.4 is 0 Å². The van der Waals surface area contributed by atoms with Crippen LogP contribution in [0.4, 0.5) is 0 Å². The highest BCUT2D eigenvalue weighted by Gasteiger charge is 2.26. The number of hydrogen-bond acceptors (Lipinski definition) is 3. The number of hydrogen-bond donors (Lipinski definition) is 0. The summed E-state index contributed by atoms with van der Waals surface area (Å²) in [4.78, 5) is 0. The van der Waals surface area contributed by atoms with E-state index in [1.807, 2.05) is 11.8 Å². The molecule has 3 heteroatoms. The monoisotopic (exact) mass is 176 g/mol. The number of ether oxygens (including phenoxy) is 2. The Morgan fingerprint density at radius 2 is 2.36 bits per heavy atom. The van der Waals surface area contributed by atoms with Crippen molar-refractivity contribution >= 4 is 11.8 Å². The van der Waals surface area contributed by atoms with Crippen LogP contribution in [-0.4, -0.2) is 31.0 Å². The highest BCUT2D eigenvalue weighted by Crippen LogP contribution is 2.31. The maximum absolute atomic E-state index is 5.51. The average molecular weight is 176 g/mol. The first-order valence-corrected chi connectivity index (χ1v) is 5.15. The maximum Gasteiger partial charge on any atom is 0.146 e. The molecular formula is C8H16O2S. The molecule has 66 valence electrons. The van der Waals surface area contributed by atoms with E-state index < -0.39 is 0 Å². The van der Waals surface area contributed by atoms with E-state index in [9.17, 15) is 0 Å². The molecule has 2 atom stereocenters. The molecule has 1 rings (SSSR count). The van der Waals surface area contributed by atoms with Crippen LogP contribution in [0.3, 0.4) is 0 Å². The summed E-state index contributed by atoms with van der Waals surface area (Å²) in [6, 6.07) is 0. The van der Waals surface area contributed by atoms with Gasteiger partial charge in [-0.1, -0.05) is 6.92 Å². The van der Waals surface area contributed by atoms with Gasteiger partial charge in [-0.2, -0.15) is 11.8 Å². The highest BCUT2D eigenvalue weighted by atomic mass is 32.2. The molecule has 1 aliphatic heterocycles. The molecule has 1 fully saturated rings. The fourth-order valence-electron chi connectivity index (χ4n) is 1.36. The summed E-state index contributed by atoms with van der Waals surface area (Å²) in [5, 5.41) is 0.699. The molecule has 0 radical (unpaired) electrons. The van der Waals surface area contributed by atoms with Crippen molar-refractivity contribution in [3.05, 3.63) is 0 Å². The molecule has 11 heavy (non-hydrogen) atoms. The largest absolute Gasteiger partial charge is 0.359 e. The van der Waals surface area contributed by atoms with Crippen LogP contribution in [0.1, 0.15) is 19.8 Å².